The van der Waals surface area contributed by atoms with Crippen LogP contribution in [0.2, 0.25) is 0 Å². The molecule has 0 atom stereocenters. The van der Waals surface area contributed by atoms with Crippen molar-refractivity contribution in [1.29, 1.82) is 0 Å². The van der Waals surface area contributed by atoms with E-state index in [2.05, 4.69) is 29.3 Å². The Morgan fingerprint density at radius 3 is 2.28 bits per heavy atom. The van der Waals surface area contributed by atoms with Crippen LogP contribution in [0.15, 0.2) is 71.8 Å². The third-order valence-electron chi connectivity index (χ3n) is 5.15. The first-order valence-corrected chi connectivity index (χ1v) is 12.3. The predicted molar refractivity (Wildman–Crippen MR) is 132 cm³/mol. The van der Waals surface area contributed by atoms with E-state index in [0.717, 1.165) is 45.7 Å². The molecule has 7 nitrogen and oxygen atoms in total. The van der Waals surface area contributed by atoms with E-state index in [1.54, 1.807) is 12.1 Å². The van der Waals surface area contributed by atoms with Crippen LogP contribution in [-0.4, -0.2) is 46.4 Å². The van der Waals surface area contributed by atoms with E-state index >= 15 is 0 Å². The zero-order valence-electron chi connectivity index (χ0n) is 18.5. The van der Waals surface area contributed by atoms with Crippen molar-refractivity contribution >= 4 is 44.3 Å². The molecule has 1 amide bonds. The van der Waals surface area contributed by atoms with Crippen LogP contribution in [0.1, 0.15) is 19.4 Å². The van der Waals surface area contributed by atoms with E-state index in [9.17, 15) is 13.2 Å². The van der Waals surface area contributed by atoms with E-state index in [1.165, 1.54) is 6.21 Å². The molecule has 0 fully saturated rings. The summed E-state index contributed by atoms with van der Waals surface area (Å²) in [5, 5.41) is 5.64. The zero-order chi connectivity index (χ0) is 23.1. The highest BCUT2D eigenvalue weighted by Gasteiger charge is 2.22. The molecule has 0 heterocycles. The molecular formula is C24H28N4O3S. The molecule has 0 aromatic heterocycles. The van der Waals surface area contributed by atoms with Crippen molar-refractivity contribution in [3.63, 3.8) is 0 Å². The number of nitrogens with one attached hydrogen (secondary N) is 1. The van der Waals surface area contributed by atoms with Crippen LogP contribution in [0.5, 0.6) is 0 Å². The average molecular weight is 453 g/mol. The zero-order valence-corrected chi connectivity index (χ0v) is 19.3. The summed E-state index contributed by atoms with van der Waals surface area (Å²) in [6.45, 7) is 5.69. The molecule has 0 saturated heterocycles. The summed E-state index contributed by atoms with van der Waals surface area (Å²) in [6, 6.07) is 20.7. The lowest BCUT2D eigenvalue weighted by molar-refractivity contribution is -0.119. The Balaban J connectivity index is 1.71. The first-order chi connectivity index (χ1) is 15.3. The molecule has 3 aromatic carbocycles. The maximum Gasteiger partial charge on any atom is 0.260 e. The molecule has 0 unspecified atom stereocenters. The van der Waals surface area contributed by atoms with Crippen LogP contribution in [0, 0.1) is 0 Å². The summed E-state index contributed by atoms with van der Waals surface area (Å²) in [4.78, 5) is 14.7. The topological polar surface area (TPSA) is 82.1 Å². The van der Waals surface area contributed by atoms with Gasteiger partial charge in [-0.15, -0.1) is 0 Å². The second-order valence-electron chi connectivity index (χ2n) is 7.32. The summed E-state index contributed by atoms with van der Waals surface area (Å²) < 4.78 is 26.0. The lowest BCUT2D eigenvalue weighted by Crippen LogP contribution is -2.39. The van der Waals surface area contributed by atoms with E-state index in [-0.39, 0.29) is 6.54 Å². The van der Waals surface area contributed by atoms with Gasteiger partial charge in [-0.25, -0.2) is 13.8 Å². The summed E-state index contributed by atoms with van der Waals surface area (Å²) in [6.07, 6.45) is 2.62. The number of nitrogens with zero attached hydrogens (tertiary/aromatic N) is 3. The van der Waals surface area contributed by atoms with Crippen molar-refractivity contribution in [3.05, 3.63) is 72.3 Å². The van der Waals surface area contributed by atoms with Crippen molar-refractivity contribution < 1.29 is 13.2 Å². The van der Waals surface area contributed by atoms with Gasteiger partial charge in [0.1, 0.15) is 6.54 Å². The number of fused-ring (bicyclic) bond motifs is 1. The van der Waals surface area contributed by atoms with Gasteiger partial charge in [-0.3, -0.25) is 9.10 Å². The van der Waals surface area contributed by atoms with E-state index in [1.807, 2.05) is 54.6 Å². The minimum Gasteiger partial charge on any atom is -0.372 e. The number of rotatable bonds is 9. The predicted octanol–water partition coefficient (Wildman–Crippen LogP) is 3.60. The lowest BCUT2D eigenvalue weighted by Gasteiger charge is -2.23. The van der Waals surface area contributed by atoms with Gasteiger partial charge in [0.2, 0.25) is 10.0 Å². The number of amides is 1. The first-order valence-electron chi connectivity index (χ1n) is 10.5. The summed E-state index contributed by atoms with van der Waals surface area (Å²) in [5.41, 5.74) is 4.83. The Labute approximate surface area is 189 Å². The molecular weight excluding hydrogens is 424 g/mol. The molecule has 0 radical (unpaired) electrons. The van der Waals surface area contributed by atoms with Crippen LogP contribution >= 0.6 is 0 Å². The van der Waals surface area contributed by atoms with Gasteiger partial charge in [-0.2, -0.15) is 5.10 Å². The van der Waals surface area contributed by atoms with Gasteiger partial charge in [0.15, 0.2) is 0 Å². The minimum atomic E-state index is -3.68. The Kier molecular flexibility index (Phi) is 7.48. The molecule has 168 valence electrons. The molecule has 8 heteroatoms. The SMILES string of the molecule is CCN(CC)c1ccc(/C=N\NC(=O)CN(c2cccc3ccccc23)S(C)(=O)=O)cc1. The normalized spacial score (nSPS) is 11.6. The quantitative estimate of drug-likeness (QED) is 0.397. The molecule has 0 aliphatic carbocycles. The monoisotopic (exact) mass is 452 g/mol. The largest absolute Gasteiger partial charge is 0.372 e. The van der Waals surface area contributed by atoms with E-state index in [4.69, 9.17) is 0 Å². The van der Waals surface area contributed by atoms with Crippen LogP contribution in [0.3, 0.4) is 0 Å². The molecule has 32 heavy (non-hydrogen) atoms. The van der Waals surface area contributed by atoms with Gasteiger partial charge in [-0.05, 0) is 43.0 Å². The van der Waals surface area contributed by atoms with Crippen LogP contribution in [-0.2, 0) is 14.8 Å². The number of benzene rings is 3. The smallest absolute Gasteiger partial charge is 0.260 e. The van der Waals surface area contributed by atoms with Crippen molar-refractivity contribution in [2.45, 2.75) is 13.8 Å². The van der Waals surface area contributed by atoms with Crippen molar-refractivity contribution in [3.8, 4) is 0 Å². The van der Waals surface area contributed by atoms with Crippen molar-refractivity contribution in [1.82, 2.24) is 5.43 Å². The Morgan fingerprint density at radius 1 is 0.969 bits per heavy atom. The van der Waals surface area contributed by atoms with E-state index in [0.29, 0.717) is 5.69 Å². The molecule has 0 bridgehead atoms. The Morgan fingerprint density at radius 2 is 1.62 bits per heavy atom. The van der Waals surface area contributed by atoms with Crippen LogP contribution < -0.4 is 14.6 Å². The highest BCUT2D eigenvalue weighted by atomic mass is 32.2. The molecule has 0 spiro atoms. The minimum absolute atomic E-state index is 0.370. The third-order valence-corrected chi connectivity index (χ3v) is 6.27. The molecule has 3 aromatic rings. The average Bonchev–Trinajstić information content (AvgIpc) is 2.78. The summed E-state index contributed by atoms with van der Waals surface area (Å²) in [7, 11) is -3.68. The maximum atomic E-state index is 12.5. The van der Waals surface area contributed by atoms with Crippen molar-refractivity contribution in [2.75, 3.05) is 35.1 Å². The van der Waals surface area contributed by atoms with Crippen LogP contribution in [0.4, 0.5) is 11.4 Å². The van der Waals surface area contributed by atoms with Crippen LogP contribution in [0.25, 0.3) is 10.8 Å². The highest BCUT2D eigenvalue weighted by Crippen LogP contribution is 2.28. The second-order valence-corrected chi connectivity index (χ2v) is 9.23. The molecule has 1 N–H and O–H groups in total. The number of carbonyl (C=O) groups is 1. The second kappa shape index (κ2) is 10.3. The molecule has 3 rings (SSSR count). The number of anilines is 2. The van der Waals surface area contributed by atoms with Crippen molar-refractivity contribution in [2.24, 2.45) is 5.10 Å². The first kappa shape index (κ1) is 23.3. The molecule has 0 aliphatic rings. The van der Waals surface area contributed by atoms with Gasteiger partial charge in [-0.1, -0.05) is 48.5 Å². The fraction of sp³-hybridized carbons (Fsp3) is 0.250. The standard InChI is InChI=1S/C24H28N4O3S/c1-4-27(5-2)21-15-13-19(14-16-21)17-25-26-24(29)18-28(32(3,30)31)23-12-8-10-20-9-6-7-11-22(20)23/h6-17H,4-5,18H2,1-3H3,(H,26,29)/b25-17-. The number of carbonyl (C=O) groups excluding carboxylic acids is 1. The fourth-order valence-corrected chi connectivity index (χ4v) is 4.38. The third kappa shape index (κ3) is 5.64. The van der Waals surface area contributed by atoms with Gasteiger partial charge < -0.3 is 4.90 Å². The number of hydrogen-bond acceptors (Lipinski definition) is 5. The lowest BCUT2D eigenvalue weighted by atomic mass is 10.1. The summed E-state index contributed by atoms with van der Waals surface area (Å²) in [5.74, 6) is -0.528. The highest BCUT2D eigenvalue weighted by molar-refractivity contribution is 7.92. The molecule has 0 saturated carbocycles. The number of hydrazone groups is 1. The molecule has 0 aliphatic heterocycles. The van der Waals surface area contributed by atoms with Gasteiger partial charge in [0, 0.05) is 24.2 Å². The van der Waals surface area contributed by atoms with Gasteiger partial charge in [0.05, 0.1) is 18.2 Å². The maximum absolute atomic E-state index is 12.5. The fourth-order valence-electron chi connectivity index (χ4n) is 3.51. The van der Waals surface area contributed by atoms with Gasteiger partial charge in [0.25, 0.3) is 5.91 Å². The Hall–Kier alpha value is -3.39. The number of hydrogen-bond donors (Lipinski definition) is 1. The van der Waals surface area contributed by atoms with Gasteiger partial charge >= 0.3 is 0 Å². The summed E-state index contributed by atoms with van der Waals surface area (Å²) >= 11 is 0. The van der Waals surface area contributed by atoms with E-state index < -0.39 is 15.9 Å². The Bertz CT molecular complexity index is 1200. The number of sulfonamides is 1.